The fourth-order valence-electron chi connectivity index (χ4n) is 11.7. The van der Waals surface area contributed by atoms with E-state index in [9.17, 15) is 51.3 Å². The first-order valence-electron chi connectivity index (χ1n) is 32.3. The minimum atomic E-state index is -5.24. The summed E-state index contributed by atoms with van der Waals surface area (Å²) in [7, 11) is -3.50. The average Bonchev–Trinajstić information content (AvgIpc) is 1.60. The number of nitrogens with zero attached hydrogens (tertiary/aromatic N) is 5. The van der Waals surface area contributed by atoms with Crippen LogP contribution in [0.1, 0.15) is 76.3 Å². The molecule has 2 aromatic heterocycles. The molecule has 32 heteroatoms. The standard InChI is InChI=1S/C69H77ClN8O21S2/c1-40-9-15-48(16-10-40)100(86,87)28-17-53(80)42-11-13-43(14-12-42)66(83)72-36-47-38-77(75-74-47)20-22-92-25-27-93-26-24-91-21-18-71-67(84)45-31-57-64(97-69-65(95-57)63(82)62(81)59(39-79)96-69)58(32-45)99-101(88,89)98-54-34-52-61(60-41(2)7-6-8-49(54)60)46(35-70)37-78(52)68(85)51-29-44-30-56(94-23-19-76(3)4)55(90-5)33-50(44)73-51/h6-16,29-34,38,46,59,62-63,65,69,73,79,81-82H,17-28,35-37,39H2,1-5H3,(H,71,84)(H,72,83)/t46-,59-,62+,63+,65-,69+/m1/s1. The molecule has 29 nitrogen and oxygen atoms in total. The number of fused-ring (bicyclic) bond motifs is 6. The van der Waals surface area contributed by atoms with E-state index in [1.165, 1.54) is 60.5 Å². The topological polar surface area (TPSA) is 367 Å². The highest BCUT2D eigenvalue weighted by Gasteiger charge is 2.50. The highest BCUT2D eigenvalue weighted by atomic mass is 35.5. The summed E-state index contributed by atoms with van der Waals surface area (Å²) in [5, 5.41) is 47.0. The Morgan fingerprint density at radius 3 is 2.21 bits per heavy atom. The number of aromatic nitrogens is 4. The summed E-state index contributed by atoms with van der Waals surface area (Å²) >= 11 is 6.66. The van der Waals surface area contributed by atoms with Crippen molar-refractivity contribution < 1.29 is 97.6 Å². The lowest BCUT2D eigenvalue weighted by Gasteiger charge is -2.44. The molecule has 3 amide bonds. The average molecular weight is 1450 g/mol. The number of carbonyl (C=O) groups excluding carboxylic acids is 4. The first kappa shape index (κ1) is 73.2. The number of sulfone groups is 1. The van der Waals surface area contributed by atoms with Gasteiger partial charge in [-0.3, -0.25) is 19.2 Å². The number of likely N-dealkylation sites (N-methyl/N-ethyl adjacent to an activating group) is 1. The molecule has 0 aliphatic carbocycles. The molecule has 0 radical (unpaired) electrons. The lowest BCUT2D eigenvalue weighted by Crippen LogP contribution is -2.63. The Balaban J connectivity index is 0.664. The van der Waals surface area contributed by atoms with Crippen LogP contribution in [0, 0.1) is 13.8 Å². The number of rotatable bonds is 33. The Bertz CT molecular complexity index is 4560. The highest BCUT2D eigenvalue weighted by Crippen LogP contribution is 2.49. The number of halogens is 1. The Morgan fingerprint density at radius 1 is 0.772 bits per heavy atom. The van der Waals surface area contributed by atoms with Gasteiger partial charge in [0.05, 0.1) is 89.0 Å². The second kappa shape index (κ2) is 32.3. The van der Waals surface area contributed by atoms with Crippen LogP contribution in [0.5, 0.6) is 34.5 Å². The number of Topliss-reactive ketones (excluding diaryl/α,β-unsaturated/α-hetero) is 1. The van der Waals surface area contributed by atoms with Gasteiger partial charge in [-0.25, -0.2) is 13.1 Å². The Morgan fingerprint density at radius 2 is 1.49 bits per heavy atom. The molecule has 0 unspecified atom stereocenters. The van der Waals surface area contributed by atoms with Gasteiger partial charge in [0, 0.05) is 83.0 Å². The molecule has 101 heavy (non-hydrogen) atoms. The van der Waals surface area contributed by atoms with Gasteiger partial charge in [-0.2, -0.15) is 0 Å². The van der Waals surface area contributed by atoms with Crippen molar-refractivity contribution in [3.63, 3.8) is 0 Å². The van der Waals surface area contributed by atoms with Crippen molar-refractivity contribution in [1.29, 1.82) is 0 Å². The maximum absolute atomic E-state index is 14.7. The van der Waals surface area contributed by atoms with E-state index in [0.29, 0.717) is 75.4 Å². The number of ether oxygens (including phenoxy) is 8. The molecule has 8 aromatic rings. The molecule has 6 atom stereocenters. The molecule has 538 valence electrons. The molecule has 3 aliphatic heterocycles. The first-order valence-corrected chi connectivity index (χ1v) is 35.8. The van der Waals surface area contributed by atoms with Crippen molar-refractivity contribution in [2.24, 2.45) is 0 Å². The zero-order chi connectivity index (χ0) is 71.7. The fraction of sp³-hybridized carbons (Fsp3) is 0.391. The number of hydrogen-bond donors (Lipinski definition) is 6. The maximum atomic E-state index is 14.7. The van der Waals surface area contributed by atoms with Gasteiger partial charge in [0.15, 0.2) is 50.5 Å². The summed E-state index contributed by atoms with van der Waals surface area (Å²) in [5.74, 6) is -3.13. The van der Waals surface area contributed by atoms with Crippen LogP contribution in [0.25, 0.3) is 21.7 Å². The number of carbonyl (C=O) groups is 4. The van der Waals surface area contributed by atoms with Gasteiger partial charge in [-0.1, -0.05) is 53.2 Å². The lowest BCUT2D eigenvalue weighted by atomic mass is 9.92. The van der Waals surface area contributed by atoms with Gasteiger partial charge in [-0.15, -0.1) is 25.1 Å². The SMILES string of the molecule is COc1cc2[nH]c(C(=O)N3C[C@@H](CCl)c4c3cc(OS(=O)(=O)Oc3cc(C(=O)NCCOCCOCCOCCn5cc(CNC(=O)c6ccc(C(=O)CCS(=O)(=O)c7ccc(C)cc7)cc6)nn5)cc5c3O[C@@H]3O[C@H](CO)[C@H](O)[C@H](O)[C@H]3O5)c3cccc(C)c43)cc2cc1OCCN(C)C. The van der Waals surface area contributed by atoms with Crippen LogP contribution >= 0.6 is 11.6 Å². The largest absolute Gasteiger partial charge is 0.501 e. The monoisotopic (exact) mass is 1450 g/mol. The molecular weight excluding hydrogens is 1380 g/mol. The molecule has 0 saturated carbocycles. The molecule has 3 aliphatic rings. The van der Waals surface area contributed by atoms with Gasteiger partial charge < -0.3 is 87.0 Å². The summed E-state index contributed by atoms with van der Waals surface area (Å²) in [5.41, 5.74) is 4.37. The molecule has 0 spiro atoms. The van der Waals surface area contributed by atoms with Crippen molar-refractivity contribution in [3.05, 3.63) is 154 Å². The van der Waals surface area contributed by atoms with Crippen LogP contribution in [0.3, 0.4) is 0 Å². The zero-order valence-corrected chi connectivity index (χ0v) is 58.2. The van der Waals surface area contributed by atoms with E-state index in [0.717, 1.165) is 17.2 Å². The maximum Gasteiger partial charge on any atom is 0.501 e. The first-order chi connectivity index (χ1) is 48.5. The summed E-state index contributed by atoms with van der Waals surface area (Å²) in [6.45, 7) is 5.66. The van der Waals surface area contributed by atoms with Crippen molar-refractivity contribution >= 4 is 82.7 Å². The molecule has 0 bridgehead atoms. The molecule has 6 N–H and O–H groups in total. The number of aliphatic hydroxyl groups is 3. The minimum absolute atomic E-state index is 0.0265. The van der Waals surface area contributed by atoms with E-state index in [1.807, 2.05) is 38.9 Å². The van der Waals surface area contributed by atoms with Crippen molar-refractivity contribution in [1.82, 2.24) is 35.5 Å². The number of amides is 3. The minimum Gasteiger partial charge on any atom is -0.493 e. The van der Waals surface area contributed by atoms with Gasteiger partial charge in [0.2, 0.25) is 12.0 Å². The number of H-pyrrole nitrogens is 1. The normalized spacial score (nSPS) is 17.9. The van der Waals surface area contributed by atoms with Crippen LogP contribution in [-0.2, 0) is 52.3 Å². The molecule has 5 heterocycles. The van der Waals surface area contributed by atoms with Gasteiger partial charge in [0.25, 0.3) is 17.7 Å². The number of nitrogens with one attached hydrogen (secondary N) is 3. The molecule has 1 fully saturated rings. The van der Waals surface area contributed by atoms with E-state index in [-0.39, 0.29) is 116 Å². The summed E-state index contributed by atoms with van der Waals surface area (Å²) in [4.78, 5) is 61.1. The van der Waals surface area contributed by atoms with Gasteiger partial charge in [0.1, 0.15) is 36.3 Å². The number of anilines is 1. The van der Waals surface area contributed by atoms with Crippen LogP contribution in [0.2, 0.25) is 0 Å². The van der Waals surface area contributed by atoms with Crippen molar-refractivity contribution in [2.45, 2.75) is 74.9 Å². The van der Waals surface area contributed by atoms with Crippen LogP contribution < -0.4 is 42.8 Å². The predicted octanol–water partition coefficient (Wildman–Crippen LogP) is 5.20. The number of methoxy groups -OCH3 is 1. The molecular formula is C69H77ClN8O21S2. The lowest BCUT2D eigenvalue weighted by molar-refractivity contribution is -0.279. The quantitative estimate of drug-likeness (QED) is 0.0175. The summed E-state index contributed by atoms with van der Waals surface area (Å²) in [6.07, 6.45) is -6.11. The smallest absolute Gasteiger partial charge is 0.493 e. The number of aromatic amines is 1. The number of aryl methyl sites for hydroxylation is 2. The second-order valence-corrected chi connectivity index (χ2v) is 28.0. The predicted molar refractivity (Wildman–Crippen MR) is 367 cm³/mol. The van der Waals surface area contributed by atoms with Crippen LogP contribution in [-0.4, -0.2) is 217 Å². The van der Waals surface area contributed by atoms with Crippen LogP contribution in [0.15, 0.2) is 114 Å². The number of ketones is 1. The summed E-state index contributed by atoms with van der Waals surface area (Å²) < 4.78 is 114. The van der Waals surface area contributed by atoms with Crippen molar-refractivity contribution in [2.75, 3.05) is 110 Å². The molecule has 6 aromatic carbocycles. The van der Waals surface area contributed by atoms with E-state index in [1.54, 1.807) is 53.3 Å². The second-order valence-electron chi connectivity index (χ2n) is 24.4. The number of aliphatic hydroxyl groups excluding tert-OH is 3. The van der Waals surface area contributed by atoms with Crippen molar-refractivity contribution in [3.8, 4) is 34.5 Å². The van der Waals surface area contributed by atoms with Gasteiger partial charge >= 0.3 is 10.4 Å². The van der Waals surface area contributed by atoms with E-state index < -0.39 is 92.7 Å². The number of hydrogen-bond acceptors (Lipinski definition) is 24. The summed E-state index contributed by atoms with van der Waals surface area (Å²) in [6, 6.07) is 26.5. The van der Waals surface area contributed by atoms with E-state index >= 15 is 0 Å². The van der Waals surface area contributed by atoms with E-state index in [4.69, 9.17) is 57.9 Å². The third kappa shape index (κ3) is 17.3. The third-order valence-corrected chi connectivity index (χ3v) is 19.9. The Labute approximate surface area is 586 Å². The number of benzene rings is 6. The third-order valence-electron chi connectivity index (χ3n) is 17.0. The molecule has 11 rings (SSSR count). The van der Waals surface area contributed by atoms with Crippen LogP contribution in [0.4, 0.5) is 5.69 Å². The fourth-order valence-corrected chi connectivity index (χ4v) is 13.9. The Hall–Kier alpha value is -8.99. The highest BCUT2D eigenvalue weighted by molar-refractivity contribution is 7.91. The van der Waals surface area contributed by atoms with E-state index in [2.05, 4.69) is 25.9 Å². The van der Waals surface area contributed by atoms with Gasteiger partial charge in [-0.05, 0) is 93.0 Å². The zero-order valence-electron chi connectivity index (χ0n) is 55.8. The Kier molecular flexibility index (Phi) is 23.4. The molecule has 1 saturated heterocycles. The number of alkyl halides is 1.